The van der Waals surface area contributed by atoms with Crippen molar-refractivity contribution in [3.05, 3.63) is 66.2 Å². The van der Waals surface area contributed by atoms with E-state index in [0.717, 1.165) is 9.87 Å². The number of anilines is 1. The van der Waals surface area contributed by atoms with E-state index < -0.39 is 28.5 Å². The zero-order valence-corrected chi connectivity index (χ0v) is 28.3. The smallest absolute Gasteiger partial charge is 0.265 e. The van der Waals surface area contributed by atoms with Crippen molar-refractivity contribution in [2.24, 2.45) is 0 Å². The van der Waals surface area contributed by atoms with Crippen molar-refractivity contribution in [3.8, 4) is 28.7 Å². The minimum atomic E-state index is -4.45. The number of ether oxygens (including phenoxy) is 5. The third kappa shape index (κ3) is 8.33. The average molecular weight is 658 g/mol. The number of nitrogens with zero attached hydrogens (tertiary/aromatic N) is 2. The van der Waals surface area contributed by atoms with Crippen LogP contribution in [-0.4, -0.2) is 79.3 Å². The van der Waals surface area contributed by atoms with Crippen molar-refractivity contribution in [3.63, 3.8) is 0 Å². The number of nitrogens with one attached hydrogen (secondary N) is 1. The summed E-state index contributed by atoms with van der Waals surface area (Å²) in [6.07, 6.45) is 0.283. The van der Waals surface area contributed by atoms with Crippen molar-refractivity contribution in [1.82, 2.24) is 10.2 Å². The molecule has 0 aliphatic heterocycles. The predicted molar refractivity (Wildman–Crippen MR) is 175 cm³/mol. The summed E-state index contributed by atoms with van der Waals surface area (Å²) in [6.45, 7) is 4.82. The quantitative estimate of drug-likeness (QED) is 0.240. The molecular weight excluding hydrogens is 614 g/mol. The molecule has 1 atom stereocenters. The van der Waals surface area contributed by atoms with Crippen LogP contribution in [0.15, 0.2) is 65.6 Å². The Kier molecular flexibility index (Phi) is 12.5. The Balaban J connectivity index is 2.19. The van der Waals surface area contributed by atoms with Crippen LogP contribution in [0.4, 0.5) is 5.69 Å². The van der Waals surface area contributed by atoms with Crippen LogP contribution in [0, 0.1) is 0 Å². The highest BCUT2D eigenvalue weighted by molar-refractivity contribution is 7.92. The monoisotopic (exact) mass is 657 g/mol. The number of hydrogen-bond donors (Lipinski definition) is 1. The summed E-state index contributed by atoms with van der Waals surface area (Å²) in [4.78, 5) is 29.0. The lowest BCUT2D eigenvalue weighted by molar-refractivity contribution is -0.140. The van der Waals surface area contributed by atoms with Crippen LogP contribution in [0.3, 0.4) is 0 Å². The van der Waals surface area contributed by atoms with E-state index >= 15 is 0 Å². The zero-order valence-electron chi connectivity index (χ0n) is 27.5. The van der Waals surface area contributed by atoms with E-state index in [4.69, 9.17) is 23.7 Å². The Labute approximate surface area is 271 Å². The molecule has 0 bridgehead atoms. The minimum absolute atomic E-state index is 0.0341. The molecule has 0 saturated carbocycles. The lowest BCUT2D eigenvalue weighted by Gasteiger charge is -2.34. The average Bonchev–Trinajstić information content (AvgIpc) is 3.06. The molecule has 3 aromatic rings. The molecule has 46 heavy (non-hydrogen) atoms. The van der Waals surface area contributed by atoms with Gasteiger partial charge in [-0.25, -0.2) is 8.42 Å². The molecule has 1 N–H and O–H groups in total. The van der Waals surface area contributed by atoms with Gasteiger partial charge in [0, 0.05) is 24.7 Å². The highest BCUT2D eigenvalue weighted by Gasteiger charge is 2.35. The zero-order chi connectivity index (χ0) is 34.0. The Hall–Kier alpha value is -4.65. The minimum Gasteiger partial charge on any atom is -0.497 e. The fraction of sp³-hybridized carbons (Fsp3) is 0.394. The van der Waals surface area contributed by atoms with Gasteiger partial charge in [-0.1, -0.05) is 19.1 Å². The molecule has 0 aliphatic rings. The Morgan fingerprint density at radius 2 is 1.35 bits per heavy atom. The molecule has 0 fully saturated rings. The van der Waals surface area contributed by atoms with Gasteiger partial charge in [-0.15, -0.1) is 0 Å². The van der Waals surface area contributed by atoms with Crippen molar-refractivity contribution >= 4 is 27.5 Å². The molecule has 0 saturated heterocycles. The van der Waals surface area contributed by atoms with E-state index in [0.29, 0.717) is 17.2 Å². The molecule has 250 valence electrons. The highest BCUT2D eigenvalue weighted by Crippen LogP contribution is 2.38. The number of rotatable bonds is 16. The van der Waals surface area contributed by atoms with Crippen LogP contribution in [0.25, 0.3) is 0 Å². The van der Waals surface area contributed by atoms with Gasteiger partial charge in [-0.2, -0.15) is 0 Å². The summed E-state index contributed by atoms with van der Waals surface area (Å²) >= 11 is 0. The maximum Gasteiger partial charge on any atom is 0.265 e. The molecule has 0 radical (unpaired) electrons. The van der Waals surface area contributed by atoms with Crippen molar-refractivity contribution in [2.45, 2.75) is 50.7 Å². The summed E-state index contributed by atoms with van der Waals surface area (Å²) in [5, 5.41) is 2.88. The fourth-order valence-corrected chi connectivity index (χ4v) is 6.27. The molecular formula is C33H43N3O9S. The fourth-order valence-electron chi connectivity index (χ4n) is 4.84. The molecule has 0 spiro atoms. The first-order chi connectivity index (χ1) is 21.9. The second-order valence-corrected chi connectivity index (χ2v) is 12.4. The normalized spacial score (nSPS) is 11.8. The second-order valence-electron chi connectivity index (χ2n) is 10.5. The number of methoxy groups -OCH3 is 5. The number of carbonyl (C=O) groups is 2. The summed E-state index contributed by atoms with van der Waals surface area (Å²) in [7, 11) is 2.77. The van der Waals surface area contributed by atoms with E-state index in [1.165, 1.54) is 57.6 Å². The second kappa shape index (κ2) is 16.1. The first-order valence-corrected chi connectivity index (χ1v) is 16.1. The van der Waals surface area contributed by atoms with Gasteiger partial charge in [0.1, 0.15) is 29.8 Å². The Bertz CT molecular complexity index is 1590. The topological polar surface area (TPSA) is 133 Å². The van der Waals surface area contributed by atoms with Gasteiger partial charge in [0.05, 0.1) is 46.1 Å². The summed E-state index contributed by atoms with van der Waals surface area (Å²) in [5.41, 5.74) is 0.785. The van der Waals surface area contributed by atoms with E-state index in [2.05, 4.69) is 5.32 Å². The van der Waals surface area contributed by atoms with Crippen LogP contribution in [0.2, 0.25) is 0 Å². The van der Waals surface area contributed by atoms with Crippen LogP contribution in [0.5, 0.6) is 28.7 Å². The van der Waals surface area contributed by atoms with Gasteiger partial charge in [0.2, 0.25) is 11.8 Å². The molecule has 0 aromatic heterocycles. The van der Waals surface area contributed by atoms with Crippen LogP contribution >= 0.6 is 0 Å². The van der Waals surface area contributed by atoms with Crippen LogP contribution in [-0.2, 0) is 26.2 Å². The summed E-state index contributed by atoms with van der Waals surface area (Å²) < 4.78 is 56.7. The maximum atomic E-state index is 14.4. The van der Waals surface area contributed by atoms with Gasteiger partial charge in [-0.3, -0.25) is 13.9 Å². The van der Waals surface area contributed by atoms with Crippen molar-refractivity contribution < 1.29 is 41.7 Å². The van der Waals surface area contributed by atoms with Gasteiger partial charge < -0.3 is 33.9 Å². The largest absolute Gasteiger partial charge is 0.497 e. The van der Waals surface area contributed by atoms with Gasteiger partial charge in [-0.05, 0) is 62.2 Å². The lowest BCUT2D eigenvalue weighted by Crippen LogP contribution is -2.53. The number of amides is 2. The van der Waals surface area contributed by atoms with E-state index in [9.17, 15) is 18.0 Å². The highest BCUT2D eigenvalue weighted by atomic mass is 32.2. The van der Waals surface area contributed by atoms with Crippen molar-refractivity contribution in [1.29, 1.82) is 0 Å². The molecule has 0 heterocycles. The molecule has 0 unspecified atom stereocenters. The summed E-state index contributed by atoms with van der Waals surface area (Å²) in [6, 6.07) is 14.8. The SMILES string of the molecule is CC[C@H](C(=O)NC(C)C)N(Cc1ccc(OC)cc1)C(=O)CN(c1cc(OC)ccc1OC)S(=O)(=O)c1ccc(OC)c(OC)c1. The van der Waals surface area contributed by atoms with Gasteiger partial charge in [0.25, 0.3) is 10.0 Å². The Morgan fingerprint density at radius 1 is 0.761 bits per heavy atom. The first kappa shape index (κ1) is 35.8. The number of benzene rings is 3. The molecule has 12 nitrogen and oxygen atoms in total. The van der Waals surface area contributed by atoms with Gasteiger partial charge in [0.15, 0.2) is 11.5 Å². The maximum absolute atomic E-state index is 14.4. The van der Waals surface area contributed by atoms with Gasteiger partial charge >= 0.3 is 0 Å². The Morgan fingerprint density at radius 3 is 1.89 bits per heavy atom. The molecule has 2 amide bonds. The molecule has 13 heteroatoms. The lowest BCUT2D eigenvalue weighted by atomic mass is 10.1. The summed E-state index contributed by atoms with van der Waals surface area (Å²) in [5.74, 6) is 0.699. The number of sulfonamides is 1. The molecule has 3 rings (SSSR count). The predicted octanol–water partition coefficient (Wildman–Crippen LogP) is 4.26. The van der Waals surface area contributed by atoms with Crippen LogP contribution < -0.4 is 33.3 Å². The molecule has 0 aliphatic carbocycles. The third-order valence-corrected chi connectivity index (χ3v) is 8.96. The van der Waals surface area contributed by atoms with E-state index in [-0.39, 0.29) is 47.0 Å². The van der Waals surface area contributed by atoms with Crippen LogP contribution in [0.1, 0.15) is 32.8 Å². The molecule has 3 aromatic carbocycles. The first-order valence-electron chi connectivity index (χ1n) is 14.6. The van der Waals surface area contributed by atoms with Crippen molar-refractivity contribution in [2.75, 3.05) is 46.4 Å². The number of carbonyl (C=O) groups excluding carboxylic acids is 2. The van der Waals surface area contributed by atoms with E-state index in [1.807, 2.05) is 13.8 Å². The third-order valence-electron chi connectivity index (χ3n) is 7.21. The van der Waals surface area contributed by atoms with E-state index in [1.54, 1.807) is 50.4 Å². The number of hydrogen-bond acceptors (Lipinski definition) is 9. The standard InChI is InChI=1S/C33H43N3O9S/c1-9-27(33(38)34-22(2)3)35(20-23-10-12-24(41-4)13-11-23)32(37)21-36(28-18-25(42-5)14-16-29(28)43-6)46(39,40)26-15-17-30(44-7)31(19-26)45-8/h10-19,22,27H,9,20-21H2,1-8H3,(H,34,38)/t27-/m1/s1.